The molecule has 0 radical (unpaired) electrons. The number of para-hydroxylation sites is 1. The normalized spacial score (nSPS) is 16.4. The van der Waals surface area contributed by atoms with Gasteiger partial charge in [-0.05, 0) is 49.6 Å². The number of hydrogen-bond donors (Lipinski definition) is 0. The number of aromatic nitrogens is 2. The third kappa shape index (κ3) is 3.24. The van der Waals surface area contributed by atoms with Crippen molar-refractivity contribution in [3.8, 4) is 17.1 Å². The van der Waals surface area contributed by atoms with Gasteiger partial charge in [-0.2, -0.15) is 4.98 Å². The van der Waals surface area contributed by atoms with E-state index in [2.05, 4.69) is 10.1 Å². The van der Waals surface area contributed by atoms with Crippen molar-refractivity contribution in [2.45, 2.75) is 25.8 Å². The van der Waals surface area contributed by atoms with Crippen LogP contribution in [0.3, 0.4) is 0 Å². The Morgan fingerprint density at radius 3 is 2.89 bits per heavy atom. The summed E-state index contributed by atoms with van der Waals surface area (Å²) in [6, 6.07) is 11.6. The van der Waals surface area contributed by atoms with Crippen LogP contribution in [0, 0.1) is 12.7 Å². The van der Waals surface area contributed by atoms with Crippen LogP contribution in [0.1, 0.15) is 40.7 Å². The van der Waals surface area contributed by atoms with Crippen LogP contribution in [0.4, 0.5) is 4.39 Å². The fourth-order valence-electron chi connectivity index (χ4n) is 3.47. The van der Waals surface area contributed by atoms with Crippen molar-refractivity contribution in [3.05, 3.63) is 65.3 Å². The molecule has 2 heterocycles. The van der Waals surface area contributed by atoms with Crippen molar-refractivity contribution in [1.29, 1.82) is 0 Å². The van der Waals surface area contributed by atoms with Crippen LogP contribution in [0.15, 0.2) is 47.0 Å². The van der Waals surface area contributed by atoms with Crippen molar-refractivity contribution < 1.29 is 18.4 Å². The van der Waals surface area contributed by atoms with Crippen molar-refractivity contribution in [2.75, 3.05) is 13.7 Å². The average molecular weight is 381 g/mol. The molecule has 2 aromatic carbocycles. The molecule has 1 aliphatic rings. The minimum Gasteiger partial charge on any atom is -0.496 e. The quantitative estimate of drug-likeness (QED) is 0.678. The first-order valence-electron chi connectivity index (χ1n) is 9.12. The maximum atomic E-state index is 13.9. The number of benzene rings is 2. The Labute approximate surface area is 161 Å². The Hall–Kier alpha value is -3.22. The molecule has 0 spiro atoms. The lowest BCUT2D eigenvalue weighted by Gasteiger charge is -2.22. The molecule has 1 saturated heterocycles. The molecule has 1 aliphatic heterocycles. The van der Waals surface area contributed by atoms with Crippen LogP contribution < -0.4 is 4.74 Å². The first-order chi connectivity index (χ1) is 13.6. The highest BCUT2D eigenvalue weighted by Gasteiger charge is 2.35. The Morgan fingerprint density at radius 2 is 2.11 bits per heavy atom. The smallest absolute Gasteiger partial charge is 0.254 e. The summed E-state index contributed by atoms with van der Waals surface area (Å²) in [6.07, 6.45) is 1.53. The molecular weight excluding hydrogens is 361 g/mol. The molecular formula is C21H20FN3O3. The molecule has 28 heavy (non-hydrogen) atoms. The van der Waals surface area contributed by atoms with Crippen LogP contribution in [0.25, 0.3) is 11.4 Å². The molecule has 7 heteroatoms. The zero-order chi connectivity index (χ0) is 19.7. The van der Waals surface area contributed by atoms with Crippen LogP contribution in [-0.4, -0.2) is 34.6 Å². The van der Waals surface area contributed by atoms with E-state index in [-0.39, 0.29) is 11.9 Å². The number of carbonyl (C=O) groups is 1. The fourth-order valence-corrected chi connectivity index (χ4v) is 3.47. The number of methoxy groups -OCH3 is 1. The summed E-state index contributed by atoms with van der Waals surface area (Å²) >= 11 is 0. The van der Waals surface area contributed by atoms with E-state index in [0.29, 0.717) is 41.6 Å². The maximum absolute atomic E-state index is 13.9. The highest BCUT2D eigenvalue weighted by atomic mass is 19.1. The lowest BCUT2D eigenvalue weighted by atomic mass is 10.1. The minimum atomic E-state index is -0.391. The van der Waals surface area contributed by atoms with E-state index in [4.69, 9.17) is 9.26 Å². The van der Waals surface area contributed by atoms with Gasteiger partial charge in [0.1, 0.15) is 17.6 Å². The van der Waals surface area contributed by atoms with Crippen molar-refractivity contribution >= 4 is 5.91 Å². The molecule has 1 fully saturated rings. The van der Waals surface area contributed by atoms with E-state index in [1.807, 2.05) is 24.3 Å². The van der Waals surface area contributed by atoms with Gasteiger partial charge in [0.15, 0.2) is 0 Å². The summed E-state index contributed by atoms with van der Waals surface area (Å²) in [5.41, 5.74) is 1.55. The predicted molar refractivity (Wildman–Crippen MR) is 100 cm³/mol. The van der Waals surface area contributed by atoms with Gasteiger partial charge < -0.3 is 14.2 Å². The Kier molecular flexibility index (Phi) is 4.81. The van der Waals surface area contributed by atoms with Gasteiger partial charge >= 0.3 is 0 Å². The molecule has 1 amide bonds. The van der Waals surface area contributed by atoms with Crippen molar-refractivity contribution in [3.63, 3.8) is 0 Å². The van der Waals surface area contributed by atoms with Gasteiger partial charge in [0.05, 0.1) is 12.7 Å². The van der Waals surface area contributed by atoms with Crippen LogP contribution in [0.2, 0.25) is 0 Å². The zero-order valence-corrected chi connectivity index (χ0v) is 15.7. The van der Waals surface area contributed by atoms with Crippen LogP contribution in [-0.2, 0) is 0 Å². The monoisotopic (exact) mass is 381 g/mol. The standard InChI is InChI=1S/C21H20FN3O3/c1-13-9-10-14(12-16(13)22)21(26)25-11-5-7-17(25)20-23-19(24-28-20)15-6-3-4-8-18(15)27-2/h3-4,6,8-10,12,17H,5,7,11H2,1-2H3. The Balaban J connectivity index is 1.61. The minimum absolute atomic E-state index is 0.238. The van der Waals surface area contributed by atoms with E-state index in [1.54, 1.807) is 31.1 Å². The molecule has 144 valence electrons. The Morgan fingerprint density at radius 1 is 1.29 bits per heavy atom. The predicted octanol–water partition coefficient (Wildman–Crippen LogP) is 4.17. The van der Waals surface area contributed by atoms with Gasteiger partial charge in [-0.3, -0.25) is 4.79 Å². The molecule has 3 aromatic rings. The van der Waals surface area contributed by atoms with Crippen LogP contribution >= 0.6 is 0 Å². The van der Waals surface area contributed by atoms with E-state index in [9.17, 15) is 9.18 Å². The first-order valence-corrected chi connectivity index (χ1v) is 9.12. The lowest BCUT2D eigenvalue weighted by molar-refractivity contribution is 0.0709. The first kappa shape index (κ1) is 18.2. The molecule has 0 N–H and O–H groups in total. The molecule has 6 nitrogen and oxygen atoms in total. The van der Waals surface area contributed by atoms with E-state index in [0.717, 1.165) is 12.0 Å². The molecule has 0 aliphatic carbocycles. The summed E-state index contributed by atoms with van der Waals surface area (Å²) in [5, 5.41) is 4.07. The SMILES string of the molecule is COc1ccccc1-c1noc(C2CCCN2C(=O)c2ccc(C)c(F)c2)n1. The third-order valence-corrected chi connectivity index (χ3v) is 5.01. The number of nitrogens with zero attached hydrogens (tertiary/aromatic N) is 3. The second-order valence-corrected chi connectivity index (χ2v) is 6.78. The van der Waals surface area contributed by atoms with Gasteiger partial charge in [0, 0.05) is 12.1 Å². The number of rotatable bonds is 4. The molecule has 0 bridgehead atoms. The van der Waals surface area contributed by atoms with E-state index in [1.165, 1.54) is 6.07 Å². The molecule has 1 unspecified atom stereocenters. The summed E-state index contributed by atoms with van der Waals surface area (Å²) in [7, 11) is 1.58. The second-order valence-electron chi connectivity index (χ2n) is 6.78. The summed E-state index contributed by atoms with van der Waals surface area (Å²) in [4.78, 5) is 19.1. The largest absolute Gasteiger partial charge is 0.496 e. The van der Waals surface area contributed by atoms with Crippen LogP contribution in [0.5, 0.6) is 5.75 Å². The second kappa shape index (κ2) is 7.42. The van der Waals surface area contributed by atoms with E-state index < -0.39 is 5.82 Å². The van der Waals surface area contributed by atoms with Gasteiger partial charge in [-0.25, -0.2) is 4.39 Å². The lowest BCUT2D eigenvalue weighted by Crippen LogP contribution is -2.30. The molecule has 0 saturated carbocycles. The Bertz CT molecular complexity index is 1020. The van der Waals surface area contributed by atoms with Crippen molar-refractivity contribution in [1.82, 2.24) is 15.0 Å². The number of aryl methyl sites for hydroxylation is 1. The van der Waals surface area contributed by atoms with Crippen molar-refractivity contribution in [2.24, 2.45) is 0 Å². The number of ether oxygens (including phenoxy) is 1. The number of carbonyl (C=O) groups excluding carboxylic acids is 1. The maximum Gasteiger partial charge on any atom is 0.254 e. The highest BCUT2D eigenvalue weighted by molar-refractivity contribution is 5.94. The van der Waals surface area contributed by atoms with Gasteiger partial charge in [0.2, 0.25) is 11.7 Å². The molecule has 1 aromatic heterocycles. The number of amides is 1. The number of likely N-dealkylation sites (tertiary alicyclic amines) is 1. The highest BCUT2D eigenvalue weighted by Crippen LogP contribution is 2.34. The summed E-state index contributed by atoms with van der Waals surface area (Å²) in [6.45, 7) is 2.23. The number of hydrogen-bond acceptors (Lipinski definition) is 5. The third-order valence-electron chi connectivity index (χ3n) is 5.01. The van der Waals surface area contributed by atoms with E-state index >= 15 is 0 Å². The average Bonchev–Trinajstić information content (AvgIpc) is 3.38. The summed E-state index contributed by atoms with van der Waals surface area (Å²) in [5.74, 6) is 0.799. The zero-order valence-electron chi connectivity index (χ0n) is 15.7. The van der Waals surface area contributed by atoms with Gasteiger partial charge in [0.25, 0.3) is 5.91 Å². The summed E-state index contributed by atoms with van der Waals surface area (Å²) < 4.78 is 24.7. The topological polar surface area (TPSA) is 68.5 Å². The number of halogens is 1. The molecule has 1 atom stereocenters. The molecule has 4 rings (SSSR count). The fraction of sp³-hybridized carbons (Fsp3) is 0.286. The van der Waals surface area contributed by atoms with Gasteiger partial charge in [-0.1, -0.05) is 23.4 Å². The van der Waals surface area contributed by atoms with Gasteiger partial charge in [-0.15, -0.1) is 0 Å².